The SMILES string of the molecule is C=Cc1ccc(N2CCC3(CC2)CCN(c2ccc(C#N)c(Cl)c2)C3C)cc1. The molecular weight excluding hydrogens is 366 g/mol. The van der Waals surface area contributed by atoms with Gasteiger partial charge in [0.2, 0.25) is 0 Å². The molecule has 1 spiro atoms. The number of benzene rings is 2. The molecule has 0 amide bonds. The highest BCUT2D eigenvalue weighted by atomic mass is 35.5. The van der Waals surface area contributed by atoms with E-state index < -0.39 is 0 Å². The molecule has 2 aromatic carbocycles. The van der Waals surface area contributed by atoms with E-state index in [0.29, 0.717) is 22.0 Å². The summed E-state index contributed by atoms with van der Waals surface area (Å²) >= 11 is 6.28. The van der Waals surface area contributed by atoms with Crippen molar-refractivity contribution in [2.45, 2.75) is 32.2 Å². The van der Waals surface area contributed by atoms with Crippen LogP contribution < -0.4 is 9.80 Å². The van der Waals surface area contributed by atoms with E-state index in [1.54, 1.807) is 0 Å². The van der Waals surface area contributed by atoms with Crippen molar-refractivity contribution in [1.29, 1.82) is 5.26 Å². The number of anilines is 2. The number of rotatable bonds is 3. The summed E-state index contributed by atoms with van der Waals surface area (Å²) in [5, 5.41) is 9.66. The molecule has 2 fully saturated rings. The highest BCUT2D eigenvalue weighted by molar-refractivity contribution is 6.32. The maximum absolute atomic E-state index is 9.12. The molecular formula is C24H26ClN3. The van der Waals surface area contributed by atoms with Crippen molar-refractivity contribution in [3.63, 3.8) is 0 Å². The standard InChI is InChI=1S/C24H26ClN3/c1-3-19-4-7-21(8-5-19)27-13-10-24(11-14-27)12-15-28(18(24)2)22-9-6-20(17-26)23(25)16-22/h3-9,16,18H,1,10-15H2,2H3. The first kappa shape index (κ1) is 18.9. The fourth-order valence-corrected chi connectivity index (χ4v) is 5.12. The van der Waals surface area contributed by atoms with Crippen LogP contribution in [0, 0.1) is 16.7 Å². The Hall–Kier alpha value is -2.44. The van der Waals surface area contributed by atoms with Crippen LogP contribution in [0.4, 0.5) is 11.4 Å². The highest BCUT2D eigenvalue weighted by Crippen LogP contribution is 2.47. The van der Waals surface area contributed by atoms with Crippen LogP contribution in [-0.2, 0) is 0 Å². The van der Waals surface area contributed by atoms with E-state index >= 15 is 0 Å². The molecule has 1 atom stereocenters. The van der Waals surface area contributed by atoms with Gasteiger partial charge >= 0.3 is 0 Å². The fraction of sp³-hybridized carbons (Fsp3) is 0.375. The van der Waals surface area contributed by atoms with Crippen molar-refractivity contribution in [1.82, 2.24) is 0 Å². The second-order valence-electron chi connectivity index (χ2n) is 8.04. The molecule has 144 valence electrons. The van der Waals surface area contributed by atoms with Crippen molar-refractivity contribution < 1.29 is 0 Å². The molecule has 4 rings (SSSR count). The molecule has 2 aromatic rings. The van der Waals surface area contributed by atoms with E-state index in [-0.39, 0.29) is 0 Å². The molecule has 4 heteroatoms. The van der Waals surface area contributed by atoms with Gasteiger partial charge in [-0.2, -0.15) is 5.26 Å². The number of nitriles is 1. The molecule has 0 aliphatic carbocycles. The molecule has 2 aliphatic heterocycles. The molecule has 3 nitrogen and oxygen atoms in total. The van der Waals surface area contributed by atoms with Gasteiger partial charge in [0.05, 0.1) is 10.6 Å². The molecule has 2 saturated heterocycles. The van der Waals surface area contributed by atoms with Crippen LogP contribution in [0.2, 0.25) is 5.02 Å². The number of hydrogen-bond acceptors (Lipinski definition) is 3. The number of nitrogens with zero attached hydrogens (tertiary/aromatic N) is 3. The molecule has 0 bridgehead atoms. The summed E-state index contributed by atoms with van der Waals surface area (Å²) in [6, 6.07) is 17.1. The molecule has 1 unspecified atom stereocenters. The van der Waals surface area contributed by atoms with Gasteiger partial charge in [-0.1, -0.05) is 36.4 Å². The Morgan fingerprint density at radius 2 is 1.71 bits per heavy atom. The number of hydrogen-bond donors (Lipinski definition) is 0. The summed E-state index contributed by atoms with van der Waals surface area (Å²) in [6.45, 7) is 9.44. The Morgan fingerprint density at radius 3 is 2.32 bits per heavy atom. The van der Waals surface area contributed by atoms with Crippen LogP contribution in [0.15, 0.2) is 49.0 Å². The number of halogens is 1. The zero-order valence-corrected chi connectivity index (χ0v) is 17.1. The monoisotopic (exact) mass is 391 g/mol. The molecule has 0 saturated carbocycles. The minimum Gasteiger partial charge on any atom is -0.371 e. The van der Waals surface area contributed by atoms with Crippen LogP contribution in [0.1, 0.15) is 37.3 Å². The predicted octanol–water partition coefficient (Wildman–Crippen LogP) is 5.74. The van der Waals surface area contributed by atoms with E-state index in [9.17, 15) is 0 Å². The summed E-state index contributed by atoms with van der Waals surface area (Å²) in [7, 11) is 0. The van der Waals surface area contributed by atoms with Gasteiger partial charge in [-0.05, 0) is 67.5 Å². The Kier molecular flexibility index (Phi) is 5.08. The minimum absolute atomic E-state index is 0.359. The van der Waals surface area contributed by atoms with Crippen molar-refractivity contribution in [3.8, 4) is 6.07 Å². The Labute approximate surface area is 172 Å². The lowest BCUT2D eigenvalue weighted by Gasteiger charge is -2.44. The van der Waals surface area contributed by atoms with Gasteiger partial charge in [-0.15, -0.1) is 0 Å². The van der Waals surface area contributed by atoms with Crippen molar-refractivity contribution >= 4 is 29.1 Å². The van der Waals surface area contributed by atoms with E-state index in [2.05, 4.69) is 53.6 Å². The molecule has 0 radical (unpaired) electrons. The first-order valence-corrected chi connectivity index (χ1v) is 10.4. The summed E-state index contributed by atoms with van der Waals surface area (Å²) in [5.74, 6) is 0. The van der Waals surface area contributed by atoms with Gasteiger partial charge in [0.1, 0.15) is 6.07 Å². The van der Waals surface area contributed by atoms with Crippen molar-refractivity contribution in [3.05, 3.63) is 65.2 Å². The topological polar surface area (TPSA) is 30.3 Å². The molecule has 28 heavy (non-hydrogen) atoms. The Balaban J connectivity index is 1.46. The third-order valence-corrected chi connectivity index (χ3v) is 7.17. The maximum atomic E-state index is 9.12. The lowest BCUT2D eigenvalue weighted by molar-refractivity contribution is 0.205. The van der Waals surface area contributed by atoms with E-state index in [0.717, 1.165) is 25.3 Å². The maximum Gasteiger partial charge on any atom is 0.101 e. The molecule has 2 aliphatic rings. The zero-order chi connectivity index (χ0) is 19.7. The quantitative estimate of drug-likeness (QED) is 0.668. The van der Waals surface area contributed by atoms with Crippen molar-refractivity contribution in [2.75, 3.05) is 29.4 Å². The minimum atomic E-state index is 0.359. The van der Waals surface area contributed by atoms with Crippen molar-refractivity contribution in [2.24, 2.45) is 5.41 Å². The second-order valence-corrected chi connectivity index (χ2v) is 8.45. The summed E-state index contributed by atoms with van der Waals surface area (Å²) in [6.07, 6.45) is 5.52. The third kappa shape index (κ3) is 3.27. The smallest absolute Gasteiger partial charge is 0.101 e. The first-order valence-electron chi connectivity index (χ1n) is 10.00. The first-order chi connectivity index (χ1) is 13.6. The van der Waals surface area contributed by atoms with Gasteiger partial charge in [0, 0.05) is 37.1 Å². The Morgan fingerprint density at radius 1 is 1.07 bits per heavy atom. The summed E-state index contributed by atoms with van der Waals surface area (Å²) < 4.78 is 0. The lowest BCUT2D eigenvalue weighted by atomic mass is 9.73. The lowest BCUT2D eigenvalue weighted by Crippen LogP contribution is -2.46. The van der Waals surface area contributed by atoms with E-state index in [1.807, 2.05) is 24.3 Å². The van der Waals surface area contributed by atoms with Gasteiger partial charge in [-0.25, -0.2) is 0 Å². The zero-order valence-electron chi connectivity index (χ0n) is 16.4. The van der Waals surface area contributed by atoms with Gasteiger partial charge < -0.3 is 9.80 Å². The second kappa shape index (κ2) is 7.53. The van der Waals surface area contributed by atoms with Gasteiger partial charge in [-0.3, -0.25) is 0 Å². The molecule has 0 aromatic heterocycles. The van der Waals surface area contributed by atoms with Gasteiger partial charge in [0.15, 0.2) is 0 Å². The van der Waals surface area contributed by atoms with Crippen LogP contribution >= 0.6 is 11.6 Å². The third-order valence-electron chi connectivity index (χ3n) is 6.86. The molecule has 0 N–H and O–H groups in total. The van der Waals surface area contributed by atoms with Gasteiger partial charge in [0.25, 0.3) is 0 Å². The summed E-state index contributed by atoms with van der Waals surface area (Å²) in [4.78, 5) is 4.98. The van der Waals surface area contributed by atoms with Crippen LogP contribution in [0.3, 0.4) is 0 Å². The average Bonchev–Trinajstić information content (AvgIpc) is 3.04. The number of piperidine rings is 1. The fourth-order valence-electron chi connectivity index (χ4n) is 4.90. The predicted molar refractivity (Wildman–Crippen MR) is 118 cm³/mol. The highest BCUT2D eigenvalue weighted by Gasteiger charge is 2.46. The normalized spacial score (nSPS) is 21.0. The van der Waals surface area contributed by atoms with E-state index in [4.69, 9.17) is 16.9 Å². The van der Waals surface area contributed by atoms with E-state index in [1.165, 1.54) is 30.5 Å². The summed E-state index contributed by atoms with van der Waals surface area (Å²) in [5.41, 5.74) is 4.51. The average molecular weight is 392 g/mol. The Bertz CT molecular complexity index is 904. The van der Waals surface area contributed by atoms with Crippen LogP contribution in [0.5, 0.6) is 0 Å². The van der Waals surface area contributed by atoms with Crippen LogP contribution in [0.25, 0.3) is 6.08 Å². The van der Waals surface area contributed by atoms with Crippen LogP contribution in [-0.4, -0.2) is 25.7 Å². The molecule has 2 heterocycles. The largest absolute Gasteiger partial charge is 0.371 e.